The first-order chi connectivity index (χ1) is 8.20. The molecule has 0 amide bonds. The van der Waals surface area contributed by atoms with Crippen LogP contribution in [0.2, 0.25) is 5.02 Å². The maximum Gasteiger partial charge on any atom is 0.0455 e. The number of benzene rings is 1. The molecule has 1 saturated heterocycles. The van der Waals surface area contributed by atoms with E-state index in [1.165, 1.54) is 5.69 Å². The van der Waals surface area contributed by atoms with Gasteiger partial charge in [0.2, 0.25) is 0 Å². The van der Waals surface area contributed by atoms with Crippen molar-refractivity contribution in [2.75, 3.05) is 31.1 Å². The second-order valence-electron chi connectivity index (χ2n) is 4.54. The molecule has 2 rings (SSSR count). The van der Waals surface area contributed by atoms with E-state index in [0.717, 1.165) is 36.6 Å². The smallest absolute Gasteiger partial charge is 0.0455 e. The van der Waals surface area contributed by atoms with Gasteiger partial charge in [0.05, 0.1) is 0 Å². The van der Waals surface area contributed by atoms with Crippen molar-refractivity contribution < 1.29 is 5.11 Å². The number of aryl methyl sites for hydroxylation is 1. The molecular formula is C13H19ClN2O. The van der Waals surface area contributed by atoms with E-state index in [1.807, 2.05) is 13.0 Å². The lowest BCUT2D eigenvalue weighted by Gasteiger charge is -2.35. The maximum absolute atomic E-state index is 8.98. The van der Waals surface area contributed by atoms with Crippen LogP contribution in [0.5, 0.6) is 0 Å². The molecule has 1 unspecified atom stereocenters. The fraction of sp³-hybridized carbons (Fsp3) is 0.538. The summed E-state index contributed by atoms with van der Waals surface area (Å²) in [6.07, 6.45) is 0.802. The van der Waals surface area contributed by atoms with Crippen molar-refractivity contribution in [2.24, 2.45) is 0 Å². The summed E-state index contributed by atoms with van der Waals surface area (Å²) in [7, 11) is 0. The lowest BCUT2D eigenvalue weighted by Crippen LogP contribution is -2.51. The number of aliphatic hydroxyl groups is 1. The van der Waals surface area contributed by atoms with Gasteiger partial charge in [-0.05, 0) is 31.0 Å². The van der Waals surface area contributed by atoms with Crippen LogP contribution in [0.15, 0.2) is 18.2 Å². The van der Waals surface area contributed by atoms with Gasteiger partial charge in [-0.2, -0.15) is 0 Å². The Bertz CT molecular complexity index is 382. The van der Waals surface area contributed by atoms with E-state index in [2.05, 4.69) is 22.3 Å². The van der Waals surface area contributed by atoms with E-state index >= 15 is 0 Å². The van der Waals surface area contributed by atoms with Gasteiger partial charge in [0.15, 0.2) is 0 Å². The Morgan fingerprint density at radius 3 is 3.06 bits per heavy atom. The zero-order chi connectivity index (χ0) is 12.3. The maximum atomic E-state index is 8.98. The fourth-order valence-electron chi connectivity index (χ4n) is 2.19. The molecular weight excluding hydrogens is 236 g/mol. The first kappa shape index (κ1) is 12.7. The Kier molecular flexibility index (Phi) is 4.26. The molecule has 94 valence electrons. The zero-order valence-corrected chi connectivity index (χ0v) is 10.9. The van der Waals surface area contributed by atoms with Crippen molar-refractivity contribution in [3.63, 3.8) is 0 Å². The Morgan fingerprint density at radius 2 is 2.35 bits per heavy atom. The molecule has 0 aromatic heterocycles. The number of anilines is 1. The van der Waals surface area contributed by atoms with E-state index in [-0.39, 0.29) is 6.61 Å². The van der Waals surface area contributed by atoms with Gasteiger partial charge in [-0.1, -0.05) is 17.7 Å². The Balaban J connectivity index is 2.08. The molecule has 0 bridgehead atoms. The molecule has 4 heteroatoms. The van der Waals surface area contributed by atoms with Gasteiger partial charge in [0.25, 0.3) is 0 Å². The Morgan fingerprint density at radius 1 is 1.53 bits per heavy atom. The summed E-state index contributed by atoms with van der Waals surface area (Å²) in [5.41, 5.74) is 2.28. The normalized spacial score (nSPS) is 20.6. The second-order valence-corrected chi connectivity index (χ2v) is 4.95. The van der Waals surface area contributed by atoms with Crippen LogP contribution in [0, 0.1) is 6.92 Å². The van der Waals surface area contributed by atoms with Crippen LogP contribution in [0.3, 0.4) is 0 Å². The number of rotatable bonds is 3. The quantitative estimate of drug-likeness (QED) is 0.864. The predicted molar refractivity (Wildman–Crippen MR) is 71.9 cm³/mol. The summed E-state index contributed by atoms with van der Waals surface area (Å²) in [6.45, 7) is 5.12. The molecule has 1 aromatic carbocycles. The van der Waals surface area contributed by atoms with Gasteiger partial charge < -0.3 is 15.3 Å². The summed E-state index contributed by atoms with van der Waals surface area (Å²) in [5.74, 6) is 0. The first-order valence-electron chi connectivity index (χ1n) is 6.06. The Hall–Kier alpha value is -0.770. The van der Waals surface area contributed by atoms with E-state index in [1.54, 1.807) is 0 Å². The van der Waals surface area contributed by atoms with Gasteiger partial charge in [0, 0.05) is 43.0 Å². The van der Waals surface area contributed by atoms with Crippen LogP contribution in [0.4, 0.5) is 5.69 Å². The molecule has 0 spiro atoms. The van der Waals surface area contributed by atoms with Gasteiger partial charge in [-0.25, -0.2) is 0 Å². The standard InChI is InChI=1S/C13H19ClN2O/c1-10-2-3-12(8-13(10)14)16-6-5-15-11(9-16)4-7-17/h2-3,8,11,15,17H,4-7,9H2,1H3. The first-order valence-corrected chi connectivity index (χ1v) is 6.44. The van der Waals surface area contributed by atoms with E-state index in [4.69, 9.17) is 16.7 Å². The van der Waals surface area contributed by atoms with Gasteiger partial charge in [-0.15, -0.1) is 0 Å². The summed E-state index contributed by atoms with van der Waals surface area (Å²) < 4.78 is 0. The van der Waals surface area contributed by atoms with Crippen molar-refractivity contribution in [3.05, 3.63) is 28.8 Å². The topological polar surface area (TPSA) is 35.5 Å². The number of aliphatic hydroxyl groups excluding tert-OH is 1. The zero-order valence-electron chi connectivity index (χ0n) is 10.1. The Labute approximate surface area is 107 Å². The average Bonchev–Trinajstić information content (AvgIpc) is 2.33. The minimum Gasteiger partial charge on any atom is -0.396 e. The molecule has 0 saturated carbocycles. The molecule has 1 aliphatic heterocycles. The van der Waals surface area contributed by atoms with Crippen LogP contribution >= 0.6 is 11.6 Å². The number of halogens is 1. The third-order valence-electron chi connectivity index (χ3n) is 3.25. The number of piperazine rings is 1. The van der Waals surface area contributed by atoms with Crippen molar-refractivity contribution >= 4 is 17.3 Å². The minimum absolute atomic E-state index is 0.236. The minimum atomic E-state index is 0.236. The highest BCUT2D eigenvalue weighted by molar-refractivity contribution is 6.31. The second kappa shape index (κ2) is 5.71. The van der Waals surface area contributed by atoms with Crippen LogP contribution in [0.1, 0.15) is 12.0 Å². The molecule has 1 heterocycles. The van der Waals surface area contributed by atoms with E-state index in [0.29, 0.717) is 6.04 Å². The molecule has 2 N–H and O–H groups in total. The largest absolute Gasteiger partial charge is 0.396 e. The van der Waals surface area contributed by atoms with Crippen molar-refractivity contribution in [2.45, 2.75) is 19.4 Å². The summed E-state index contributed by atoms with van der Waals surface area (Å²) in [4.78, 5) is 2.32. The highest BCUT2D eigenvalue weighted by atomic mass is 35.5. The molecule has 17 heavy (non-hydrogen) atoms. The fourth-order valence-corrected chi connectivity index (χ4v) is 2.36. The molecule has 1 fully saturated rings. The number of nitrogens with zero attached hydrogens (tertiary/aromatic N) is 1. The van der Waals surface area contributed by atoms with Crippen LogP contribution in [-0.4, -0.2) is 37.4 Å². The number of nitrogens with one attached hydrogen (secondary N) is 1. The lowest BCUT2D eigenvalue weighted by atomic mass is 10.1. The third-order valence-corrected chi connectivity index (χ3v) is 3.66. The summed E-state index contributed by atoms with van der Waals surface area (Å²) in [5, 5.41) is 13.2. The third kappa shape index (κ3) is 3.12. The highest BCUT2D eigenvalue weighted by Crippen LogP contribution is 2.24. The SMILES string of the molecule is Cc1ccc(N2CCNC(CCO)C2)cc1Cl. The highest BCUT2D eigenvalue weighted by Gasteiger charge is 2.19. The van der Waals surface area contributed by atoms with Gasteiger partial charge in [-0.3, -0.25) is 0 Å². The molecule has 1 atom stereocenters. The number of hydrogen-bond acceptors (Lipinski definition) is 3. The molecule has 0 radical (unpaired) electrons. The van der Waals surface area contributed by atoms with Gasteiger partial charge in [0.1, 0.15) is 0 Å². The van der Waals surface area contributed by atoms with Gasteiger partial charge >= 0.3 is 0 Å². The summed E-state index contributed by atoms with van der Waals surface area (Å²) >= 11 is 6.15. The lowest BCUT2D eigenvalue weighted by molar-refractivity contribution is 0.260. The van der Waals surface area contributed by atoms with Crippen LogP contribution in [0.25, 0.3) is 0 Å². The summed E-state index contributed by atoms with van der Waals surface area (Å²) in [6, 6.07) is 6.57. The van der Waals surface area contributed by atoms with Crippen LogP contribution < -0.4 is 10.2 Å². The van der Waals surface area contributed by atoms with Crippen molar-refractivity contribution in [1.29, 1.82) is 0 Å². The predicted octanol–water partition coefficient (Wildman–Crippen LogP) is 1.81. The monoisotopic (exact) mass is 254 g/mol. The van der Waals surface area contributed by atoms with E-state index < -0.39 is 0 Å². The number of hydrogen-bond donors (Lipinski definition) is 2. The van der Waals surface area contributed by atoms with Crippen LogP contribution in [-0.2, 0) is 0 Å². The average molecular weight is 255 g/mol. The van der Waals surface area contributed by atoms with E-state index in [9.17, 15) is 0 Å². The van der Waals surface area contributed by atoms with Crippen molar-refractivity contribution in [1.82, 2.24) is 5.32 Å². The molecule has 3 nitrogen and oxygen atoms in total. The molecule has 1 aromatic rings. The molecule has 0 aliphatic carbocycles. The van der Waals surface area contributed by atoms with Crippen molar-refractivity contribution in [3.8, 4) is 0 Å². The molecule has 1 aliphatic rings.